The van der Waals surface area contributed by atoms with Crippen molar-refractivity contribution >= 4 is 6.21 Å². The number of nitrogens with zero attached hydrogens (tertiary/aromatic N) is 1. The summed E-state index contributed by atoms with van der Waals surface area (Å²) in [6.07, 6.45) is 2.99. The zero-order valence-corrected chi connectivity index (χ0v) is 5.80. The van der Waals surface area contributed by atoms with E-state index in [0.717, 1.165) is 25.3 Å². The average Bonchev–Trinajstić information content (AvgIpc) is 1.88. The van der Waals surface area contributed by atoms with Crippen LogP contribution in [-0.2, 0) is 0 Å². The number of hydrogen-bond donors (Lipinski definition) is 3. The van der Waals surface area contributed by atoms with Crippen molar-refractivity contribution in [2.75, 3.05) is 19.6 Å². The molecule has 4 N–H and O–H groups in total. The molecular formula is C6H12N4. The molecule has 1 aliphatic heterocycles. The van der Waals surface area contributed by atoms with Crippen LogP contribution in [0, 0.1) is 5.41 Å². The predicted octanol–water partition coefficient (Wildman–Crippen LogP) is -0.701. The maximum Gasteiger partial charge on any atom is 0.0528 e. The molecule has 0 amide bonds. The summed E-state index contributed by atoms with van der Waals surface area (Å²) in [6.45, 7) is 2.46. The third kappa shape index (κ3) is 1.82. The van der Waals surface area contributed by atoms with Gasteiger partial charge in [0.05, 0.1) is 6.54 Å². The smallest absolute Gasteiger partial charge is 0.0528 e. The number of nitrogens with two attached hydrogens (primary N) is 1. The third-order valence-electron chi connectivity index (χ3n) is 1.41. The van der Waals surface area contributed by atoms with E-state index in [1.54, 1.807) is 11.1 Å². The van der Waals surface area contributed by atoms with Crippen LogP contribution in [0.3, 0.4) is 0 Å². The van der Waals surface area contributed by atoms with Gasteiger partial charge in [0.1, 0.15) is 0 Å². The highest BCUT2D eigenvalue weighted by Crippen LogP contribution is 1.95. The molecule has 0 unspecified atom stereocenters. The summed E-state index contributed by atoms with van der Waals surface area (Å²) in [4.78, 5) is 0. The van der Waals surface area contributed by atoms with Crippen LogP contribution in [0.25, 0.3) is 0 Å². The largest absolute Gasteiger partial charge is 0.386 e. The van der Waals surface area contributed by atoms with Gasteiger partial charge >= 0.3 is 0 Å². The standard InChI is InChI=1S/C6H12N4/c7-2-1-6-5-10(8)4-3-9-6/h1-2,7,9H,3-5,8H2/b6-1-,7-2?. The lowest BCUT2D eigenvalue weighted by Crippen LogP contribution is -2.45. The van der Waals surface area contributed by atoms with Gasteiger partial charge in [0, 0.05) is 25.0 Å². The summed E-state index contributed by atoms with van der Waals surface area (Å²) >= 11 is 0. The Morgan fingerprint density at radius 2 is 2.50 bits per heavy atom. The van der Waals surface area contributed by atoms with E-state index in [4.69, 9.17) is 11.3 Å². The van der Waals surface area contributed by atoms with Crippen molar-refractivity contribution in [1.29, 1.82) is 5.41 Å². The zero-order valence-electron chi connectivity index (χ0n) is 5.80. The number of piperazine rings is 1. The van der Waals surface area contributed by atoms with Gasteiger partial charge in [0.15, 0.2) is 0 Å². The number of nitrogens with one attached hydrogen (secondary N) is 2. The molecule has 56 valence electrons. The molecule has 0 aromatic heterocycles. The van der Waals surface area contributed by atoms with Gasteiger partial charge in [-0.2, -0.15) is 0 Å². The lowest BCUT2D eigenvalue weighted by Gasteiger charge is -2.25. The molecule has 0 bridgehead atoms. The van der Waals surface area contributed by atoms with Crippen molar-refractivity contribution in [2.24, 2.45) is 5.84 Å². The van der Waals surface area contributed by atoms with Gasteiger partial charge in [0.25, 0.3) is 0 Å². The maximum absolute atomic E-state index is 6.80. The maximum atomic E-state index is 6.80. The average molecular weight is 140 g/mol. The van der Waals surface area contributed by atoms with Gasteiger partial charge in [0.2, 0.25) is 0 Å². The zero-order chi connectivity index (χ0) is 7.40. The highest BCUT2D eigenvalue weighted by atomic mass is 15.4. The van der Waals surface area contributed by atoms with Crippen LogP contribution < -0.4 is 11.2 Å². The van der Waals surface area contributed by atoms with E-state index >= 15 is 0 Å². The Morgan fingerprint density at radius 1 is 1.70 bits per heavy atom. The molecule has 0 saturated carbocycles. The van der Waals surface area contributed by atoms with E-state index in [2.05, 4.69) is 5.32 Å². The third-order valence-corrected chi connectivity index (χ3v) is 1.41. The van der Waals surface area contributed by atoms with Crippen molar-refractivity contribution in [3.8, 4) is 0 Å². The first-order chi connectivity index (χ1) is 4.83. The quantitative estimate of drug-likeness (QED) is 0.333. The molecule has 1 saturated heterocycles. The first-order valence-electron chi connectivity index (χ1n) is 3.26. The fraction of sp³-hybridized carbons (Fsp3) is 0.500. The van der Waals surface area contributed by atoms with E-state index < -0.39 is 0 Å². The van der Waals surface area contributed by atoms with Crippen LogP contribution in [0.15, 0.2) is 11.8 Å². The van der Waals surface area contributed by atoms with Crippen molar-refractivity contribution < 1.29 is 0 Å². The SMILES string of the molecule is N=C/C=C1/CN(N)CCN1. The first-order valence-corrected chi connectivity index (χ1v) is 3.26. The monoisotopic (exact) mass is 140 g/mol. The second kappa shape index (κ2) is 3.34. The fourth-order valence-electron chi connectivity index (χ4n) is 0.926. The molecule has 0 aromatic carbocycles. The Bertz CT molecular complexity index is 152. The van der Waals surface area contributed by atoms with Gasteiger partial charge in [-0.3, -0.25) is 5.84 Å². The minimum atomic E-state index is 0.718. The van der Waals surface area contributed by atoms with Crippen molar-refractivity contribution in [1.82, 2.24) is 10.3 Å². The van der Waals surface area contributed by atoms with Gasteiger partial charge in [-0.15, -0.1) is 0 Å². The molecule has 1 rings (SSSR count). The summed E-state index contributed by atoms with van der Waals surface area (Å²) in [6, 6.07) is 0. The summed E-state index contributed by atoms with van der Waals surface area (Å²) < 4.78 is 0. The minimum absolute atomic E-state index is 0.718. The Kier molecular flexibility index (Phi) is 2.42. The molecule has 4 nitrogen and oxygen atoms in total. The second-order valence-corrected chi connectivity index (χ2v) is 2.26. The van der Waals surface area contributed by atoms with E-state index in [0.29, 0.717) is 0 Å². The van der Waals surface area contributed by atoms with Crippen LogP contribution in [0.5, 0.6) is 0 Å². The number of hydrogen-bond acceptors (Lipinski definition) is 4. The van der Waals surface area contributed by atoms with Gasteiger partial charge in [-0.1, -0.05) is 0 Å². The molecule has 1 fully saturated rings. The molecule has 0 aliphatic carbocycles. The lowest BCUT2D eigenvalue weighted by atomic mass is 10.3. The minimum Gasteiger partial charge on any atom is -0.386 e. The van der Waals surface area contributed by atoms with Crippen LogP contribution >= 0.6 is 0 Å². The van der Waals surface area contributed by atoms with Crippen LogP contribution in [0.2, 0.25) is 0 Å². The molecule has 1 heterocycles. The molecule has 0 aromatic rings. The highest BCUT2D eigenvalue weighted by Gasteiger charge is 2.07. The Labute approximate surface area is 60.2 Å². The number of hydrazine groups is 1. The summed E-state index contributed by atoms with van der Waals surface area (Å²) in [5, 5.41) is 11.7. The fourth-order valence-corrected chi connectivity index (χ4v) is 0.926. The number of allylic oxidation sites excluding steroid dienone is 1. The van der Waals surface area contributed by atoms with Gasteiger partial charge in [-0.05, 0) is 6.08 Å². The van der Waals surface area contributed by atoms with Crippen LogP contribution in [-0.4, -0.2) is 30.9 Å². The van der Waals surface area contributed by atoms with Crippen molar-refractivity contribution in [3.63, 3.8) is 0 Å². The van der Waals surface area contributed by atoms with E-state index in [9.17, 15) is 0 Å². The molecule has 0 atom stereocenters. The lowest BCUT2D eigenvalue weighted by molar-refractivity contribution is 0.276. The molecule has 1 aliphatic rings. The topological polar surface area (TPSA) is 65.1 Å². The van der Waals surface area contributed by atoms with E-state index in [1.165, 1.54) is 6.21 Å². The second-order valence-electron chi connectivity index (χ2n) is 2.26. The van der Waals surface area contributed by atoms with E-state index in [-0.39, 0.29) is 0 Å². The summed E-state index contributed by atoms with van der Waals surface area (Å²) in [5.74, 6) is 5.53. The summed E-state index contributed by atoms with van der Waals surface area (Å²) in [7, 11) is 0. The molecule has 4 heteroatoms. The van der Waals surface area contributed by atoms with Gasteiger partial charge < -0.3 is 10.7 Å². The Balaban J connectivity index is 2.46. The highest BCUT2D eigenvalue weighted by molar-refractivity contribution is 5.68. The normalized spacial score (nSPS) is 24.3. The first kappa shape index (κ1) is 7.24. The summed E-state index contributed by atoms with van der Waals surface area (Å²) in [5.41, 5.74) is 1.02. The molecule has 10 heavy (non-hydrogen) atoms. The molecular weight excluding hydrogens is 128 g/mol. The van der Waals surface area contributed by atoms with Crippen molar-refractivity contribution in [3.05, 3.63) is 11.8 Å². The molecule has 0 spiro atoms. The van der Waals surface area contributed by atoms with Crippen LogP contribution in [0.1, 0.15) is 0 Å². The number of rotatable bonds is 1. The Morgan fingerprint density at radius 3 is 3.10 bits per heavy atom. The Hall–Kier alpha value is -0.870. The van der Waals surface area contributed by atoms with E-state index in [1.807, 2.05) is 0 Å². The van der Waals surface area contributed by atoms with Crippen LogP contribution in [0.4, 0.5) is 0 Å². The predicted molar refractivity (Wildman–Crippen MR) is 40.6 cm³/mol. The molecule has 0 radical (unpaired) electrons. The van der Waals surface area contributed by atoms with Gasteiger partial charge in [-0.25, -0.2) is 5.01 Å². The van der Waals surface area contributed by atoms with Crippen molar-refractivity contribution in [2.45, 2.75) is 0 Å².